The topological polar surface area (TPSA) is 92.5 Å². The van der Waals surface area contributed by atoms with Gasteiger partial charge in [-0.05, 0) is 44.0 Å². The van der Waals surface area contributed by atoms with Gasteiger partial charge < -0.3 is 11.1 Å². The fourth-order valence-corrected chi connectivity index (χ4v) is 3.78. The van der Waals surface area contributed by atoms with Gasteiger partial charge in [-0.3, -0.25) is 4.79 Å². The van der Waals surface area contributed by atoms with E-state index in [4.69, 9.17) is 5.73 Å². The summed E-state index contributed by atoms with van der Waals surface area (Å²) in [7, 11) is -3.75. The zero-order chi connectivity index (χ0) is 16.2. The van der Waals surface area contributed by atoms with Gasteiger partial charge in [0, 0.05) is 18.8 Å². The Morgan fingerprint density at radius 2 is 1.90 bits per heavy atom. The van der Waals surface area contributed by atoms with Crippen molar-refractivity contribution in [2.45, 2.75) is 32.6 Å². The van der Waals surface area contributed by atoms with Crippen LogP contribution in [0.4, 0.5) is 5.69 Å². The molecule has 0 aliphatic rings. The number of aryl methyl sites for hydroxylation is 1. The summed E-state index contributed by atoms with van der Waals surface area (Å²) in [5, 5.41) is 2.60. The maximum atomic E-state index is 12.7. The summed E-state index contributed by atoms with van der Waals surface area (Å²) in [5.74, 6) is -0.318. The molecule has 21 heavy (non-hydrogen) atoms. The van der Waals surface area contributed by atoms with Gasteiger partial charge >= 0.3 is 0 Å². The van der Waals surface area contributed by atoms with Crippen LogP contribution >= 0.6 is 0 Å². The predicted molar refractivity (Wildman–Crippen MR) is 83.4 cm³/mol. The minimum Gasteiger partial charge on any atom is -0.399 e. The summed E-state index contributed by atoms with van der Waals surface area (Å²) in [6.07, 6.45) is 0. The monoisotopic (exact) mass is 313 g/mol. The van der Waals surface area contributed by atoms with Crippen LogP contribution in [0.15, 0.2) is 17.0 Å². The first kappa shape index (κ1) is 17.5. The number of anilines is 1. The van der Waals surface area contributed by atoms with Crippen molar-refractivity contribution in [2.75, 3.05) is 25.4 Å². The number of rotatable bonds is 6. The average Bonchev–Trinajstić information content (AvgIpc) is 2.40. The molecule has 0 aliphatic carbocycles. The number of hydrogen-bond donors (Lipinski definition) is 2. The molecule has 7 heteroatoms. The molecule has 0 unspecified atom stereocenters. The van der Waals surface area contributed by atoms with E-state index in [1.165, 1.54) is 6.07 Å². The van der Waals surface area contributed by atoms with Crippen LogP contribution in [-0.2, 0) is 14.8 Å². The molecule has 1 rings (SSSR count). The molecule has 0 aromatic heterocycles. The van der Waals surface area contributed by atoms with Gasteiger partial charge in [-0.25, -0.2) is 8.42 Å². The minimum atomic E-state index is -3.75. The van der Waals surface area contributed by atoms with Crippen LogP contribution in [0, 0.1) is 13.8 Å². The normalized spacial score (nSPS) is 11.7. The van der Waals surface area contributed by atoms with E-state index in [1.807, 2.05) is 6.92 Å². The number of hydrogen-bond acceptors (Lipinski definition) is 4. The van der Waals surface area contributed by atoms with Crippen molar-refractivity contribution in [2.24, 2.45) is 0 Å². The number of nitrogens with two attached hydrogens (primary N) is 1. The smallest absolute Gasteiger partial charge is 0.243 e. The van der Waals surface area contributed by atoms with Gasteiger partial charge in [0.1, 0.15) is 0 Å². The number of amides is 1. The molecule has 1 amide bonds. The fourth-order valence-electron chi connectivity index (χ4n) is 2.04. The molecule has 0 radical (unpaired) electrons. The van der Waals surface area contributed by atoms with Crippen LogP contribution in [0.1, 0.15) is 25.0 Å². The van der Waals surface area contributed by atoms with Crippen LogP contribution in [0.2, 0.25) is 0 Å². The van der Waals surface area contributed by atoms with Gasteiger partial charge in [-0.1, -0.05) is 6.92 Å². The fraction of sp³-hybridized carbons (Fsp3) is 0.500. The lowest BCUT2D eigenvalue weighted by atomic mass is 10.1. The number of sulfonamides is 1. The third kappa shape index (κ3) is 3.95. The van der Waals surface area contributed by atoms with E-state index in [9.17, 15) is 13.2 Å². The zero-order valence-electron chi connectivity index (χ0n) is 12.9. The second kappa shape index (κ2) is 6.91. The Balaban J connectivity index is 3.22. The summed E-state index contributed by atoms with van der Waals surface area (Å²) in [4.78, 5) is 11.8. The number of benzene rings is 1. The van der Waals surface area contributed by atoms with Crippen LogP contribution in [0.5, 0.6) is 0 Å². The molecule has 1 aromatic carbocycles. The zero-order valence-corrected chi connectivity index (χ0v) is 13.8. The number of nitrogen functional groups attached to an aromatic ring is 1. The molecular formula is C14H23N3O3S. The largest absolute Gasteiger partial charge is 0.399 e. The lowest BCUT2D eigenvalue weighted by Crippen LogP contribution is -2.40. The highest BCUT2D eigenvalue weighted by Crippen LogP contribution is 2.25. The maximum absolute atomic E-state index is 12.7. The van der Waals surface area contributed by atoms with E-state index in [0.29, 0.717) is 17.8 Å². The molecule has 118 valence electrons. The molecule has 0 bridgehead atoms. The Hall–Kier alpha value is -1.60. The Morgan fingerprint density at radius 3 is 2.43 bits per heavy atom. The van der Waals surface area contributed by atoms with Crippen molar-refractivity contribution < 1.29 is 13.2 Å². The van der Waals surface area contributed by atoms with Crippen molar-refractivity contribution in [3.8, 4) is 0 Å². The molecule has 6 nitrogen and oxygen atoms in total. The summed E-state index contributed by atoms with van der Waals surface area (Å²) in [5.41, 5.74) is 7.61. The average molecular weight is 313 g/mol. The van der Waals surface area contributed by atoms with Gasteiger partial charge in [-0.15, -0.1) is 0 Å². The lowest BCUT2D eigenvalue weighted by molar-refractivity contribution is -0.121. The molecule has 0 atom stereocenters. The van der Waals surface area contributed by atoms with Crippen molar-refractivity contribution in [3.63, 3.8) is 0 Å². The van der Waals surface area contributed by atoms with E-state index in [-0.39, 0.29) is 23.9 Å². The number of carbonyl (C=O) groups is 1. The van der Waals surface area contributed by atoms with Crippen molar-refractivity contribution in [1.82, 2.24) is 9.62 Å². The van der Waals surface area contributed by atoms with Crippen LogP contribution < -0.4 is 11.1 Å². The first-order valence-electron chi connectivity index (χ1n) is 6.87. The molecule has 0 aliphatic heterocycles. The van der Waals surface area contributed by atoms with Crippen molar-refractivity contribution >= 4 is 21.6 Å². The summed E-state index contributed by atoms with van der Waals surface area (Å²) < 4.78 is 26.6. The molecule has 0 fully saturated rings. The molecular weight excluding hydrogens is 290 g/mol. The maximum Gasteiger partial charge on any atom is 0.243 e. The van der Waals surface area contributed by atoms with Gasteiger partial charge in [-0.2, -0.15) is 4.31 Å². The Kier molecular flexibility index (Phi) is 5.74. The first-order valence-corrected chi connectivity index (χ1v) is 8.31. The third-order valence-electron chi connectivity index (χ3n) is 3.31. The number of nitrogens with one attached hydrogen (secondary N) is 1. The SMILES string of the molecule is CCNC(=O)CN(CC)S(=O)(=O)c1cc(N)cc(C)c1C. The Bertz CT molecular complexity index is 627. The molecule has 0 saturated heterocycles. The van der Waals surface area contributed by atoms with Gasteiger partial charge in [0.25, 0.3) is 0 Å². The standard InChI is InChI=1S/C14H23N3O3S/c1-5-16-14(18)9-17(6-2)21(19,20)13-8-12(15)7-10(3)11(13)4/h7-8H,5-6,9,15H2,1-4H3,(H,16,18). The number of nitrogens with zero attached hydrogens (tertiary/aromatic N) is 1. The molecule has 0 heterocycles. The van der Waals surface area contributed by atoms with E-state index < -0.39 is 10.0 Å². The Labute approximate surface area is 126 Å². The second-order valence-corrected chi connectivity index (χ2v) is 6.75. The Morgan fingerprint density at radius 1 is 1.29 bits per heavy atom. The number of likely N-dealkylation sites (N-methyl/N-ethyl adjacent to an activating group) is 2. The third-order valence-corrected chi connectivity index (χ3v) is 5.35. The van der Waals surface area contributed by atoms with E-state index >= 15 is 0 Å². The van der Waals surface area contributed by atoms with Crippen molar-refractivity contribution in [1.29, 1.82) is 0 Å². The van der Waals surface area contributed by atoms with Crippen molar-refractivity contribution in [3.05, 3.63) is 23.3 Å². The van der Waals surface area contributed by atoms with Gasteiger partial charge in [0.05, 0.1) is 11.4 Å². The quantitative estimate of drug-likeness (QED) is 0.767. The van der Waals surface area contributed by atoms with Gasteiger partial charge in [0.2, 0.25) is 15.9 Å². The number of carbonyl (C=O) groups excluding carboxylic acids is 1. The highest BCUT2D eigenvalue weighted by molar-refractivity contribution is 7.89. The molecule has 0 spiro atoms. The van der Waals surface area contributed by atoms with Crippen LogP contribution in [0.3, 0.4) is 0 Å². The predicted octanol–water partition coefficient (Wildman–Crippen LogP) is 1.03. The first-order chi connectivity index (χ1) is 9.73. The van der Waals surface area contributed by atoms with Crippen LogP contribution in [0.25, 0.3) is 0 Å². The van der Waals surface area contributed by atoms with E-state index in [2.05, 4.69) is 5.32 Å². The van der Waals surface area contributed by atoms with Gasteiger partial charge in [0.15, 0.2) is 0 Å². The summed E-state index contributed by atoms with van der Waals surface area (Å²) >= 11 is 0. The molecule has 1 aromatic rings. The highest BCUT2D eigenvalue weighted by Gasteiger charge is 2.27. The summed E-state index contributed by atoms with van der Waals surface area (Å²) in [6, 6.07) is 3.17. The van der Waals surface area contributed by atoms with E-state index in [1.54, 1.807) is 26.8 Å². The van der Waals surface area contributed by atoms with Crippen LogP contribution in [-0.4, -0.2) is 38.3 Å². The molecule has 0 saturated carbocycles. The highest BCUT2D eigenvalue weighted by atomic mass is 32.2. The second-order valence-electron chi connectivity index (χ2n) is 4.85. The molecule has 3 N–H and O–H groups in total. The minimum absolute atomic E-state index is 0.158. The lowest BCUT2D eigenvalue weighted by Gasteiger charge is -2.22. The van der Waals surface area contributed by atoms with E-state index in [0.717, 1.165) is 9.87 Å². The summed E-state index contributed by atoms with van der Waals surface area (Å²) in [6.45, 7) is 7.52.